The van der Waals surface area contributed by atoms with Gasteiger partial charge >= 0.3 is 6.18 Å². The molecule has 0 fully saturated rings. The molecule has 1 N–H and O–H groups in total. The Hall–Kier alpha value is -2.89. The molecular formula is C17H12F3N3. The molecule has 3 nitrogen and oxygen atoms in total. The lowest BCUT2D eigenvalue weighted by molar-refractivity contribution is -0.137. The number of rotatable bonds is 3. The molecule has 3 aromatic rings. The monoisotopic (exact) mass is 315 g/mol. The third kappa shape index (κ3) is 3.66. The van der Waals surface area contributed by atoms with Crippen LogP contribution in [0.15, 0.2) is 54.7 Å². The molecule has 0 spiro atoms. The Morgan fingerprint density at radius 1 is 0.826 bits per heavy atom. The molecule has 116 valence electrons. The average Bonchev–Trinajstić information content (AvgIpc) is 3.06. The molecule has 0 aliphatic heterocycles. The number of halogens is 3. The van der Waals surface area contributed by atoms with Crippen molar-refractivity contribution in [3.8, 4) is 11.1 Å². The van der Waals surface area contributed by atoms with Crippen molar-refractivity contribution in [1.82, 2.24) is 15.4 Å². The summed E-state index contributed by atoms with van der Waals surface area (Å²) in [6.07, 6.45) is 0.992. The predicted molar refractivity (Wildman–Crippen MR) is 82.2 cm³/mol. The van der Waals surface area contributed by atoms with Crippen molar-refractivity contribution in [2.45, 2.75) is 6.18 Å². The summed E-state index contributed by atoms with van der Waals surface area (Å²) in [6.45, 7) is 0. The van der Waals surface area contributed by atoms with Crippen LogP contribution in [0.5, 0.6) is 0 Å². The highest BCUT2D eigenvalue weighted by Gasteiger charge is 2.29. The van der Waals surface area contributed by atoms with Crippen LogP contribution in [-0.2, 0) is 6.18 Å². The minimum absolute atomic E-state index is 0.645. The molecule has 23 heavy (non-hydrogen) atoms. The van der Waals surface area contributed by atoms with E-state index in [1.54, 1.807) is 6.20 Å². The first kappa shape index (κ1) is 15.0. The summed E-state index contributed by atoms with van der Waals surface area (Å²) in [6, 6.07) is 12.6. The Morgan fingerprint density at radius 3 is 1.96 bits per heavy atom. The fraction of sp³-hybridized carbons (Fsp3) is 0.0588. The van der Waals surface area contributed by atoms with Crippen molar-refractivity contribution in [2.24, 2.45) is 0 Å². The molecule has 3 rings (SSSR count). The summed E-state index contributed by atoms with van der Waals surface area (Å²) in [4.78, 5) is 0. The molecule has 0 amide bonds. The number of benzene rings is 2. The Kier molecular flexibility index (Phi) is 3.97. The van der Waals surface area contributed by atoms with Gasteiger partial charge in [0.05, 0.1) is 11.8 Å². The van der Waals surface area contributed by atoms with E-state index >= 15 is 0 Å². The number of nitrogens with zero attached hydrogens (tertiary/aromatic N) is 2. The fourth-order valence-corrected chi connectivity index (χ4v) is 2.11. The lowest BCUT2D eigenvalue weighted by atomic mass is 10.0. The van der Waals surface area contributed by atoms with Crippen LogP contribution in [0.2, 0.25) is 0 Å². The zero-order chi connectivity index (χ0) is 16.3. The van der Waals surface area contributed by atoms with Crippen LogP contribution in [0.1, 0.15) is 16.8 Å². The second-order valence-corrected chi connectivity index (χ2v) is 4.93. The molecule has 0 unspecified atom stereocenters. The Labute approximate surface area is 130 Å². The first-order chi connectivity index (χ1) is 11.0. The van der Waals surface area contributed by atoms with Gasteiger partial charge in [0.15, 0.2) is 0 Å². The lowest BCUT2D eigenvalue weighted by Crippen LogP contribution is -2.03. The fourth-order valence-electron chi connectivity index (χ4n) is 2.11. The maximum atomic E-state index is 12.6. The number of alkyl halides is 3. The Bertz CT molecular complexity index is 787. The van der Waals surface area contributed by atoms with Crippen LogP contribution >= 0.6 is 0 Å². The van der Waals surface area contributed by atoms with E-state index in [0.29, 0.717) is 0 Å². The minimum atomic E-state index is -4.31. The van der Waals surface area contributed by atoms with Crippen molar-refractivity contribution in [3.05, 3.63) is 71.5 Å². The standard InChI is InChI=1S/C17H12F3N3/c18-17(19,20)15-8-6-14(7-9-15)13-4-1-12(2-5-13)3-10-16-11-21-23-22-16/h1-11H,(H,21,22,23)/b10-3+. The molecule has 0 aliphatic carbocycles. The van der Waals surface area contributed by atoms with Crippen molar-refractivity contribution < 1.29 is 13.2 Å². The highest BCUT2D eigenvalue weighted by molar-refractivity contribution is 5.71. The van der Waals surface area contributed by atoms with Gasteiger partial charge in [0, 0.05) is 0 Å². The van der Waals surface area contributed by atoms with E-state index in [1.807, 2.05) is 36.4 Å². The van der Waals surface area contributed by atoms with Crippen molar-refractivity contribution in [2.75, 3.05) is 0 Å². The van der Waals surface area contributed by atoms with Gasteiger partial charge < -0.3 is 0 Å². The molecule has 2 aromatic carbocycles. The first-order valence-electron chi connectivity index (χ1n) is 6.84. The van der Waals surface area contributed by atoms with Gasteiger partial charge in [-0.25, -0.2) is 0 Å². The SMILES string of the molecule is FC(F)(F)c1ccc(-c2ccc(/C=C/c3cn[nH]n3)cc2)cc1. The molecular weight excluding hydrogens is 303 g/mol. The summed E-state index contributed by atoms with van der Waals surface area (Å²) >= 11 is 0. The molecule has 0 aliphatic rings. The maximum absolute atomic E-state index is 12.6. The number of hydrogen-bond acceptors (Lipinski definition) is 2. The molecule has 1 aromatic heterocycles. The van der Waals surface area contributed by atoms with E-state index in [0.717, 1.165) is 34.5 Å². The smallest absolute Gasteiger partial charge is 0.197 e. The predicted octanol–water partition coefficient (Wildman–Crippen LogP) is 4.66. The molecule has 0 saturated carbocycles. The minimum Gasteiger partial charge on any atom is -0.197 e. The lowest BCUT2D eigenvalue weighted by Gasteiger charge is -2.08. The molecule has 0 radical (unpaired) electrons. The van der Waals surface area contributed by atoms with Crippen LogP contribution in [0.25, 0.3) is 23.3 Å². The van der Waals surface area contributed by atoms with Gasteiger partial charge in [0.2, 0.25) is 0 Å². The van der Waals surface area contributed by atoms with Crippen LogP contribution in [0, 0.1) is 0 Å². The number of aromatic amines is 1. The van der Waals surface area contributed by atoms with Crippen LogP contribution < -0.4 is 0 Å². The van der Waals surface area contributed by atoms with Gasteiger partial charge in [-0.3, -0.25) is 0 Å². The summed E-state index contributed by atoms with van der Waals surface area (Å²) in [5, 5.41) is 10.1. The zero-order valence-corrected chi connectivity index (χ0v) is 11.9. The number of H-pyrrole nitrogens is 1. The van der Waals surface area contributed by atoms with Gasteiger partial charge in [-0.2, -0.15) is 28.6 Å². The third-order valence-electron chi connectivity index (χ3n) is 3.34. The van der Waals surface area contributed by atoms with Crippen molar-refractivity contribution in [1.29, 1.82) is 0 Å². The Morgan fingerprint density at radius 2 is 1.43 bits per heavy atom. The van der Waals surface area contributed by atoms with Crippen molar-refractivity contribution in [3.63, 3.8) is 0 Å². The molecule has 1 heterocycles. The molecule has 6 heteroatoms. The number of nitrogens with one attached hydrogen (secondary N) is 1. The first-order valence-corrected chi connectivity index (χ1v) is 6.84. The van der Waals surface area contributed by atoms with Gasteiger partial charge in [-0.05, 0) is 34.9 Å². The van der Waals surface area contributed by atoms with E-state index in [4.69, 9.17) is 0 Å². The number of aromatic nitrogens is 3. The van der Waals surface area contributed by atoms with E-state index in [9.17, 15) is 13.2 Å². The average molecular weight is 315 g/mol. The zero-order valence-electron chi connectivity index (χ0n) is 11.9. The van der Waals surface area contributed by atoms with Gasteiger partial charge in [-0.1, -0.05) is 42.5 Å². The normalized spacial score (nSPS) is 12.0. The summed E-state index contributed by atoms with van der Waals surface area (Å²) < 4.78 is 37.7. The van der Waals surface area contributed by atoms with Gasteiger partial charge in [0.1, 0.15) is 5.69 Å². The van der Waals surface area contributed by atoms with Crippen LogP contribution in [-0.4, -0.2) is 15.4 Å². The van der Waals surface area contributed by atoms with E-state index in [2.05, 4.69) is 15.4 Å². The van der Waals surface area contributed by atoms with E-state index in [1.165, 1.54) is 12.1 Å². The molecule has 0 atom stereocenters. The maximum Gasteiger partial charge on any atom is 0.416 e. The third-order valence-corrected chi connectivity index (χ3v) is 3.34. The second kappa shape index (κ2) is 6.08. The second-order valence-electron chi connectivity index (χ2n) is 4.93. The van der Waals surface area contributed by atoms with E-state index in [-0.39, 0.29) is 0 Å². The highest BCUT2D eigenvalue weighted by atomic mass is 19.4. The highest BCUT2D eigenvalue weighted by Crippen LogP contribution is 2.31. The van der Waals surface area contributed by atoms with E-state index < -0.39 is 11.7 Å². The summed E-state index contributed by atoms with van der Waals surface area (Å²) in [5.74, 6) is 0. The largest absolute Gasteiger partial charge is 0.416 e. The topological polar surface area (TPSA) is 41.6 Å². The van der Waals surface area contributed by atoms with Crippen LogP contribution in [0.4, 0.5) is 13.2 Å². The summed E-state index contributed by atoms with van der Waals surface area (Å²) in [7, 11) is 0. The molecule has 0 bridgehead atoms. The Balaban J connectivity index is 1.77. The quantitative estimate of drug-likeness (QED) is 0.763. The van der Waals surface area contributed by atoms with Gasteiger partial charge in [-0.15, -0.1) is 0 Å². The molecule has 0 saturated heterocycles. The number of hydrogen-bond donors (Lipinski definition) is 1. The van der Waals surface area contributed by atoms with Gasteiger partial charge in [0.25, 0.3) is 0 Å². The van der Waals surface area contributed by atoms with Crippen LogP contribution in [0.3, 0.4) is 0 Å². The summed E-state index contributed by atoms with van der Waals surface area (Å²) in [5.41, 5.74) is 2.64. The van der Waals surface area contributed by atoms with Crippen molar-refractivity contribution >= 4 is 12.2 Å².